The maximum Gasteiger partial charge on any atom is 0.190 e. The molecule has 1 heterocycles. The fourth-order valence-electron chi connectivity index (χ4n) is 0.917. The van der Waals surface area contributed by atoms with Gasteiger partial charge in [0.15, 0.2) is 5.16 Å². The molecule has 0 radical (unpaired) electrons. The minimum atomic E-state index is 0.399. The van der Waals surface area contributed by atoms with Crippen molar-refractivity contribution < 1.29 is 0 Å². The zero-order valence-corrected chi connectivity index (χ0v) is 10.1. The lowest BCUT2D eigenvalue weighted by Gasteiger charge is -2.12. The molecule has 0 saturated heterocycles. The Balaban J connectivity index is 2.81. The molecule has 78 valence electrons. The Bertz CT molecular complexity index is 306. The summed E-state index contributed by atoms with van der Waals surface area (Å²) in [6, 6.07) is 2.14. The zero-order chi connectivity index (χ0) is 10.6. The molecule has 14 heavy (non-hydrogen) atoms. The molecule has 0 amide bonds. The summed E-state index contributed by atoms with van der Waals surface area (Å²) in [6.07, 6.45) is 2.98. The van der Waals surface area contributed by atoms with E-state index in [9.17, 15) is 0 Å². The number of thioether (sulfide) groups is 1. The lowest BCUT2D eigenvalue weighted by atomic mass is 10.2. The van der Waals surface area contributed by atoms with Crippen LogP contribution in [0.5, 0.6) is 0 Å². The van der Waals surface area contributed by atoms with E-state index in [1.165, 1.54) is 11.8 Å². The van der Waals surface area contributed by atoms with Crippen molar-refractivity contribution >= 4 is 29.2 Å². The number of hydrogen-bond donors (Lipinski definition) is 1. The number of hydrogen-bond acceptors (Lipinski definition) is 4. The second-order valence-corrected chi connectivity index (χ2v) is 4.18. The Hall–Kier alpha value is -0.480. The lowest BCUT2D eigenvalue weighted by Crippen LogP contribution is -2.14. The summed E-state index contributed by atoms with van der Waals surface area (Å²) in [5.41, 5.74) is 0. The molecule has 1 unspecified atom stereocenters. The molecule has 0 spiro atoms. The molecule has 0 bridgehead atoms. The zero-order valence-electron chi connectivity index (χ0n) is 8.54. The lowest BCUT2D eigenvalue weighted by molar-refractivity contribution is 0.754. The van der Waals surface area contributed by atoms with Crippen molar-refractivity contribution in [2.45, 2.75) is 31.5 Å². The standard InChI is InChI=1S/C9H14ClN3S/c1-4-6(2)11-8-5-7(10)12-9(13-8)14-3/h5-6H,4H2,1-3H3,(H,11,12,13). The van der Waals surface area contributed by atoms with E-state index < -0.39 is 0 Å². The third-order valence-electron chi connectivity index (χ3n) is 1.86. The second kappa shape index (κ2) is 5.41. The Morgan fingerprint density at radius 2 is 2.29 bits per heavy atom. The summed E-state index contributed by atoms with van der Waals surface area (Å²) in [5, 5.41) is 4.44. The van der Waals surface area contributed by atoms with Gasteiger partial charge in [0, 0.05) is 12.1 Å². The highest BCUT2D eigenvalue weighted by Gasteiger charge is 2.04. The van der Waals surface area contributed by atoms with Crippen molar-refractivity contribution in [2.75, 3.05) is 11.6 Å². The molecule has 0 saturated carbocycles. The van der Waals surface area contributed by atoms with Crippen LogP contribution >= 0.6 is 23.4 Å². The summed E-state index contributed by atoms with van der Waals surface area (Å²) in [5.74, 6) is 0.795. The Kier molecular flexibility index (Phi) is 4.48. The average molecular weight is 232 g/mol. The number of nitrogens with one attached hydrogen (secondary N) is 1. The molecule has 1 atom stereocenters. The van der Waals surface area contributed by atoms with Crippen LogP contribution in [0.2, 0.25) is 5.15 Å². The van der Waals surface area contributed by atoms with E-state index >= 15 is 0 Å². The van der Waals surface area contributed by atoms with Crippen molar-refractivity contribution in [1.82, 2.24) is 9.97 Å². The van der Waals surface area contributed by atoms with Crippen LogP contribution < -0.4 is 5.32 Å². The summed E-state index contributed by atoms with van der Waals surface area (Å²) >= 11 is 7.34. The van der Waals surface area contributed by atoms with Crippen molar-refractivity contribution in [2.24, 2.45) is 0 Å². The SMILES string of the molecule is CCC(C)Nc1cc(Cl)nc(SC)n1. The van der Waals surface area contributed by atoms with E-state index in [4.69, 9.17) is 11.6 Å². The predicted octanol–water partition coefficient (Wildman–Crippen LogP) is 3.06. The molecule has 0 aliphatic heterocycles. The van der Waals surface area contributed by atoms with Gasteiger partial charge in [-0.2, -0.15) is 0 Å². The van der Waals surface area contributed by atoms with E-state index in [2.05, 4.69) is 29.1 Å². The van der Waals surface area contributed by atoms with Crippen LogP contribution in [0.15, 0.2) is 11.2 Å². The molecule has 1 rings (SSSR count). The molecule has 0 aliphatic rings. The molecule has 5 heteroatoms. The first kappa shape index (κ1) is 11.6. The fourth-order valence-corrected chi connectivity index (χ4v) is 1.53. The highest BCUT2D eigenvalue weighted by atomic mass is 35.5. The van der Waals surface area contributed by atoms with Gasteiger partial charge < -0.3 is 5.32 Å². The molecular weight excluding hydrogens is 218 g/mol. The predicted molar refractivity (Wildman–Crippen MR) is 62.2 cm³/mol. The third kappa shape index (κ3) is 3.35. The van der Waals surface area contributed by atoms with Gasteiger partial charge in [0.05, 0.1) is 0 Å². The summed E-state index contributed by atoms with van der Waals surface area (Å²) in [6.45, 7) is 4.23. The van der Waals surface area contributed by atoms with Gasteiger partial charge in [-0.3, -0.25) is 0 Å². The summed E-state index contributed by atoms with van der Waals surface area (Å²) in [7, 11) is 0. The quantitative estimate of drug-likeness (QED) is 0.491. The largest absolute Gasteiger partial charge is 0.367 e. The minimum Gasteiger partial charge on any atom is -0.367 e. The highest BCUT2D eigenvalue weighted by molar-refractivity contribution is 7.98. The van der Waals surface area contributed by atoms with Crippen LogP contribution in [0.25, 0.3) is 0 Å². The molecule has 0 aromatic carbocycles. The minimum absolute atomic E-state index is 0.399. The Morgan fingerprint density at radius 3 is 2.86 bits per heavy atom. The molecule has 1 aromatic heterocycles. The van der Waals surface area contributed by atoms with Crippen LogP contribution in [-0.4, -0.2) is 22.3 Å². The molecule has 0 aliphatic carbocycles. The van der Waals surface area contributed by atoms with Crippen LogP contribution in [-0.2, 0) is 0 Å². The van der Waals surface area contributed by atoms with Crippen molar-refractivity contribution in [1.29, 1.82) is 0 Å². The monoisotopic (exact) mass is 231 g/mol. The molecular formula is C9H14ClN3S. The van der Waals surface area contributed by atoms with Crippen molar-refractivity contribution in [3.8, 4) is 0 Å². The second-order valence-electron chi connectivity index (χ2n) is 3.02. The van der Waals surface area contributed by atoms with Crippen LogP contribution in [0, 0.1) is 0 Å². The first-order valence-electron chi connectivity index (χ1n) is 4.50. The van der Waals surface area contributed by atoms with Gasteiger partial charge in [0.1, 0.15) is 11.0 Å². The van der Waals surface area contributed by atoms with Crippen LogP contribution in [0.4, 0.5) is 5.82 Å². The Labute approximate surface area is 93.7 Å². The topological polar surface area (TPSA) is 37.8 Å². The number of nitrogens with zero attached hydrogens (tertiary/aromatic N) is 2. The number of anilines is 1. The van der Waals surface area contributed by atoms with Gasteiger partial charge in [0.2, 0.25) is 0 Å². The van der Waals surface area contributed by atoms with Crippen LogP contribution in [0.1, 0.15) is 20.3 Å². The van der Waals surface area contributed by atoms with Crippen molar-refractivity contribution in [3.63, 3.8) is 0 Å². The van der Waals surface area contributed by atoms with Gasteiger partial charge in [-0.25, -0.2) is 9.97 Å². The normalized spacial score (nSPS) is 12.6. The Morgan fingerprint density at radius 1 is 1.57 bits per heavy atom. The smallest absolute Gasteiger partial charge is 0.190 e. The first-order valence-corrected chi connectivity index (χ1v) is 6.11. The van der Waals surface area contributed by atoms with Crippen molar-refractivity contribution in [3.05, 3.63) is 11.2 Å². The fraction of sp³-hybridized carbons (Fsp3) is 0.556. The maximum atomic E-state index is 5.85. The highest BCUT2D eigenvalue weighted by Crippen LogP contribution is 2.17. The van der Waals surface area contributed by atoms with Gasteiger partial charge in [-0.05, 0) is 19.6 Å². The van der Waals surface area contributed by atoms with E-state index in [0.717, 1.165) is 12.2 Å². The third-order valence-corrected chi connectivity index (χ3v) is 2.60. The number of aromatic nitrogens is 2. The molecule has 0 fully saturated rings. The number of halogens is 1. The van der Waals surface area contributed by atoms with E-state index in [-0.39, 0.29) is 0 Å². The molecule has 1 aromatic rings. The van der Waals surface area contributed by atoms with E-state index in [1.807, 2.05) is 6.26 Å². The maximum absolute atomic E-state index is 5.85. The number of rotatable bonds is 4. The first-order chi connectivity index (χ1) is 6.65. The van der Waals surface area contributed by atoms with Gasteiger partial charge in [-0.15, -0.1) is 0 Å². The van der Waals surface area contributed by atoms with Gasteiger partial charge >= 0.3 is 0 Å². The van der Waals surface area contributed by atoms with Crippen LogP contribution in [0.3, 0.4) is 0 Å². The van der Waals surface area contributed by atoms with Gasteiger partial charge in [-0.1, -0.05) is 30.3 Å². The summed E-state index contributed by atoms with van der Waals surface area (Å²) < 4.78 is 0. The van der Waals surface area contributed by atoms with Gasteiger partial charge in [0.25, 0.3) is 0 Å². The summed E-state index contributed by atoms with van der Waals surface area (Å²) in [4.78, 5) is 8.36. The van der Waals surface area contributed by atoms with E-state index in [1.54, 1.807) is 6.07 Å². The van der Waals surface area contributed by atoms with E-state index in [0.29, 0.717) is 16.4 Å². The molecule has 1 N–H and O–H groups in total. The average Bonchev–Trinajstić information content (AvgIpc) is 2.16. The molecule has 3 nitrogen and oxygen atoms in total.